The second-order valence-electron chi connectivity index (χ2n) is 0.923. The Morgan fingerprint density at radius 1 is 1.57 bits per heavy atom. The molecule has 0 fully saturated rings. The van der Waals surface area contributed by atoms with Crippen LogP contribution in [0.4, 0.5) is 0 Å². The fourth-order valence-electron chi connectivity index (χ4n) is 0.192. The molecule has 0 heterocycles. The lowest BCUT2D eigenvalue weighted by Crippen LogP contribution is -2.04. The predicted molar refractivity (Wildman–Crippen MR) is 30.3 cm³/mol. The summed E-state index contributed by atoms with van der Waals surface area (Å²) in [4.78, 5) is 4.22. The lowest BCUT2D eigenvalue weighted by atomic mass is 10.8. The van der Waals surface area contributed by atoms with Crippen LogP contribution in [0.3, 0.4) is 0 Å². The van der Waals surface area contributed by atoms with Gasteiger partial charge in [-0.25, -0.2) is 5.90 Å². The van der Waals surface area contributed by atoms with Gasteiger partial charge in [0, 0.05) is 8.81 Å². The van der Waals surface area contributed by atoms with Crippen molar-refractivity contribution in [1.29, 1.82) is 0 Å². The van der Waals surface area contributed by atoms with Gasteiger partial charge in [0.25, 0.3) is 0 Å². The van der Waals surface area contributed by atoms with Gasteiger partial charge in [-0.15, -0.1) is 0 Å². The molecule has 0 bridgehead atoms. The molecule has 44 valence electrons. The lowest BCUT2D eigenvalue weighted by molar-refractivity contribution is 0.108. The molecule has 0 saturated heterocycles. The van der Waals surface area contributed by atoms with Crippen molar-refractivity contribution in [3.63, 3.8) is 0 Å². The Bertz CT molecular complexity index is 32.1. The van der Waals surface area contributed by atoms with Crippen LogP contribution in [0.1, 0.15) is 0 Å². The number of hydrogen-bond donors (Lipinski definition) is 1. The summed E-state index contributed by atoms with van der Waals surface area (Å²) in [5.74, 6) is 4.69. The molecule has 1 atom stereocenters. The van der Waals surface area contributed by atoms with E-state index in [2.05, 4.69) is 4.84 Å². The summed E-state index contributed by atoms with van der Waals surface area (Å²) in [6.45, 7) is 3.04. The molecular formula is C3H10NO2P. The third-order valence-corrected chi connectivity index (χ3v) is 0.940. The van der Waals surface area contributed by atoms with E-state index in [9.17, 15) is 0 Å². The highest BCUT2D eigenvalue weighted by molar-refractivity contribution is 7.31. The monoisotopic (exact) mass is 123 g/mol. The highest BCUT2D eigenvalue weighted by atomic mass is 31.1. The molecule has 2 N–H and O–H groups in total. The third kappa shape index (κ3) is 6.31. The molecule has 0 rings (SSSR count). The fourth-order valence-corrected chi connectivity index (χ4v) is 0.479. The molecule has 0 spiro atoms. The molecule has 0 aromatic heterocycles. The highest BCUT2D eigenvalue weighted by Crippen LogP contribution is 2.01. The Morgan fingerprint density at radius 2 is 2.29 bits per heavy atom. The summed E-state index contributed by atoms with van der Waals surface area (Å²) in [7, 11) is 0.532. The Hall–Kier alpha value is 0.310. The second kappa shape index (κ2) is 6.31. The first kappa shape index (κ1) is 7.31. The molecule has 0 radical (unpaired) electrons. The van der Waals surface area contributed by atoms with Crippen molar-refractivity contribution in [3.8, 4) is 0 Å². The highest BCUT2D eigenvalue weighted by Gasteiger charge is 1.78. The van der Waals surface area contributed by atoms with E-state index in [1.807, 2.05) is 6.66 Å². The summed E-state index contributed by atoms with van der Waals surface area (Å²) in [6.07, 6.45) is 0. The molecular weight excluding hydrogens is 113 g/mol. The van der Waals surface area contributed by atoms with Crippen LogP contribution in [-0.2, 0) is 9.36 Å². The minimum atomic E-state index is 0.487. The van der Waals surface area contributed by atoms with Crippen LogP contribution in [0, 0.1) is 0 Å². The molecule has 0 aliphatic rings. The van der Waals surface area contributed by atoms with E-state index < -0.39 is 0 Å². The van der Waals surface area contributed by atoms with Crippen molar-refractivity contribution < 1.29 is 9.36 Å². The van der Waals surface area contributed by atoms with Crippen LogP contribution in [-0.4, -0.2) is 19.9 Å². The van der Waals surface area contributed by atoms with Gasteiger partial charge in [0.2, 0.25) is 0 Å². The summed E-state index contributed by atoms with van der Waals surface area (Å²) in [5, 5.41) is 0. The maximum Gasteiger partial charge on any atom is 0.0916 e. The Kier molecular flexibility index (Phi) is 6.59. The van der Waals surface area contributed by atoms with Crippen molar-refractivity contribution in [2.45, 2.75) is 0 Å². The summed E-state index contributed by atoms with van der Waals surface area (Å²) < 4.78 is 4.90. The molecule has 4 heteroatoms. The average Bonchev–Trinajstić information content (AvgIpc) is 1.69. The van der Waals surface area contributed by atoms with Crippen molar-refractivity contribution >= 4 is 8.81 Å². The van der Waals surface area contributed by atoms with Crippen LogP contribution in [0.5, 0.6) is 0 Å². The Balaban J connectivity index is 2.45. The Morgan fingerprint density at radius 3 is 2.71 bits per heavy atom. The van der Waals surface area contributed by atoms with E-state index >= 15 is 0 Å². The molecule has 0 amide bonds. The van der Waals surface area contributed by atoms with Gasteiger partial charge < -0.3 is 9.36 Å². The van der Waals surface area contributed by atoms with Gasteiger partial charge in [0.1, 0.15) is 0 Å². The van der Waals surface area contributed by atoms with E-state index in [4.69, 9.17) is 10.4 Å². The topological polar surface area (TPSA) is 44.5 Å². The van der Waals surface area contributed by atoms with Crippen molar-refractivity contribution in [1.82, 2.24) is 0 Å². The summed E-state index contributed by atoms with van der Waals surface area (Å²) in [5.41, 5.74) is 0. The fraction of sp³-hybridized carbons (Fsp3) is 1.00. The molecule has 0 aliphatic heterocycles. The lowest BCUT2D eigenvalue weighted by Gasteiger charge is -1.95. The standard InChI is InChI=1S/C3H10NO2P/c1-7-6-3-2-5-4/h7H,2-4H2,1H3. The molecule has 0 aromatic carbocycles. The summed E-state index contributed by atoms with van der Waals surface area (Å²) >= 11 is 0. The van der Waals surface area contributed by atoms with Gasteiger partial charge >= 0.3 is 0 Å². The van der Waals surface area contributed by atoms with Crippen LogP contribution < -0.4 is 5.90 Å². The van der Waals surface area contributed by atoms with E-state index in [1.165, 1.54) is 0 Å². The van der Waals surface area contributed by atoms with Gasteiger partial charge in [-0.05, 0) is 6.66 Å². The van der Waals surface area contributed by atoms with Gasteiger partial charge in [-0.1, -0.05) is 0 Å². The molecule has 0 saturated carbocycles. The van der Waals surface area contributed by atoms with E-state index in [0.717, 1.165) is 0 Å². The number of hydrogen-bond acceptors (Lipinski definition) is 3. The van der Waals surface area contributed by atoms with Crippen molar-refractivity contribution in [3.05, 3.63) is 0 Å². The van der Waals surface area contributed by atoms with Gasteiger partial charge in [-0.2, -0.15) is 0 Å². The van der Waals surface area contributed by atoms with E-state index in [0.29, 0.717) is 22.0 Å². The quantitative estimate of drug-likeness (QED) is 0.328. The van der Waals surface area contributed by atoms with Crippen LogP contribution in [0.25, 0.3) is 0 Å². The number of rotatable bonds is 4. The molecule has 7 heavy (non-hydrogen) atoms. The minimum Gasteiger partial charge on any atom is -0.360 e. The largest absolute Gasteiger partial charge is 0.360 e. The molecule has 1 unspecified atom stereocenters. The van der Waals surface area contributed by atoms with Crippen molar-refractivity contribution in [2.75, 3.05) is 19.9 Å². The molecule has 0 aromatic rings. The predicted octanol–water partition coefficient (Wildman–Crippen LogP) is 0.117. The maximum atomic E-state index is 4.90. The van der Waals surface area contributed by atoms with E-state index in [-0.39, 0.29) is 0 Å². The third-order valence-electron chi connectivity index (χ3n) is 0.448. The molecule has 0 aliphatic carbocycles. The van der Waals surface area contributed by atoms with Crippen LogP contribution >= 0.6 is 8.81 Å². The molecule has 3 nitrogen and oxygen atoms in total. The first-order valence-electron chi connectivity index (χ1n) is 2.02. The van der Waals surface area contributed by atoms with Gasteiger partial charge in [0.05, 0.1) is 13.2 Å². The number of nitrogens with two attached hydrogens (primary N) is 1. The maximum absolute atomic E-state index is 4.90. The van der Waals surface area contributed by atoms with Crippen LogP contribution in [0.2, 0.25) is 0 Å². The van der Waals surface area contributed by atoms with Gasteiger partial charge in [-0.3, -0.25) is 0 Å². The SMILES string of the molecule is CPOCCON. The first-order chi connectivity index (χ1) is 3.41. The zero-order valence-electron chi connectivity index (χ0n) is 4.31. The van der Waals surface area contributed by atoms with Crippen molar-refractivity contribution in [2.24, 2.45) is 5.90 Å². The minimum absolute atomic E-state index is 0.487. The zero-order valence-corrected chi connectivity index (χ0v) is 5.31. The smallest absolute Gasteiger partial charge is 0.0916 e. The average molecular weight is 123 g/mol. The van der Waals surface area contributed by atoms with Crippen LogP contribution in [0.15, 0.2) is 0 Å². The first-order valence-corrected chi connectivity index (χ1v) is 3.43. The Labute approximate surface area is 45.0 Å². The van der Waals surface area contributed by atoms with E-state index in [1.54, 1.807) is 0 Å². The normalized spacial score (nSPS) is 11.1. The zero-order chi connectivity index (χ0) is 5.54. The summed E-state index contributed by atoms with van der Waals surface area (Å²) in [6, 6.07) is 0. The second-order valence-corrected chi connectivity index (χ2v) is 1.62. The van der Waals surface area contributed by atoms with Gasteiger partial charge in [0.15, 0.2) is 0 Å².